The molecule has 0 radical (unpaired) electrons. The van der Waals surface area contributed by atoms with Gasteiger partial charge < -0.3 is 9.47 Å². The van der Waals surface area contributed by atoms with Gasteiger partial charge in [0.05, 0.1) is 6.61 Å². The molecular weight excluding hydrogens is 228 g/mol. The van der Waals surface area contributed by atoms with Gasteiger partial charge in [-0.3, -0.25) is 0 Å². The van der Waals surface area contributed by atoms with Crippen LogP contribution in [0.3, 0.4) is 0 Å². The Bertz CT molecular complexity index is 393. The third kappa shape index (κ3) is 5.15. The molecule has 1 aromatic rings. The van der Waals surface area contributed by atoms with Gasteiger partial charge in [0.15, 0.2) is 0 Å². The Balaban J connectivity index is 2.40. The van der Waals surface area contributed by atoms with Crippen LogP contribution in [0.2, 0.25) is 0 Å². The van der Waals surface area contributed by atoms with Gasteiger partial charge in [-0.05, 0) is 24.5 Å². The molecule has 0 saturated carbocycles. The summed E-state index contributed by atoms with van der Waals surface area (Å²) in [7, 11) is 0. The first-order valence-corrected chi connectivity index (χ1v) is 6.11. The van der Waals surface area contributed by atoms with E-state index in [0.29, 0.717) is 12.2 Å². The second-order valence-corrected chi connectivity index (χ2v) is 4.23. The van der Waals surface area contributed by atoms with E-state index in [1.807, 2.05) is 24.3 Å². The lowest BCUT2D eigenvalue weighted by atomic mass is 10.1. The van der Waals surface area contributed by atoms with Crippen LogP contribution in [0.5, 0.6) is 0 Å². The second kappa shape index (κ2) is 7.67. The van der Waals surface area contributed by atoms with Crippen LogP contribution in [-0.4, -0.2) is 12.6 Å². The first-order chi connectivity index (χ1) is 8.63. The number of rotatable bonds is 7. The molecule has 0 unspecified atom stereocenters. The van der Waals surface area contributed by atoms with Gasteiger partial charge in [-0.2, -0.15) is 0 Å². The van der Waals surface area contributed by atoms with Gasteiger partial charge >= 0.3 is 5.97 Å². The van der Waals surface area contributed by atoms with E-state index in [4.69, 9.17) is 9.47 Å². The Hall–Kier alpha value is -1.61. The lowest BCUT2D eigenvalue weighted by Crippen LogP contribution is -2.04. The number of esters is 1. The van der Waals surface area contributed by atoms with Crippen LogP contribution < -0.4 is 0 Å². The Morgan fingerprint density at radius 2 is 1.72 bits per heavy atom. The summed E-state index contributed by atoms with van der Waals surface area (Å²) in [5.74, 6) is -0.356. The quantitative estimate of drug-likeness (QED) is 0.422. The van der Waals surface area contributed by atoms with Crippen molar-refractivity contribution in [1.29, 1.82) is 0 Å². The van der Waals surface area contributed by atoms with Crippen LogP contribution in [-0.2, 0) is 27.5 Å². The molecule has 0 aliphatic carbocycles. The SMILES string of the molecule is C=C(C)C(=O)OCc1ccc(COCCC)cc1. The van der Waals surface area contributed by atoms with E-state index in [-0.39, 0.29) is 12.6 Å². The highest BCUT2D eigenvalue weighted by Gasteiger charge is 2.03. The van der Waals surface area contributed by atoms with E-state index in [0.717, 1.165) is 24.2 Å². The summed E-state index contributed by atoms with van der Waals surface area (Å²) in [5.41, 5.74) is 2.50. The lowest BCUT2D eigenvalue weighted by Gasteiger charge is -2.06. The van der Waals surface area contributed by atoms with Crippen LogP contribution in [0, 0.1) is 0 Å². The summed E-state index contributed by atoms with van der Waals surface area (Å²) in [4.78, 5) is 11.2. The summed E-state index contributed by atoms with van der Waals surface area (Å²) < 4.78 is 10.5. The maximum Gasteiger partial charge on any atom is 0.333 e. The van der Waals surface area contributed by atoms with Gasteiger partial charge in [0.1, 0.15) is 6.61 Å². The number of hydrogen-bond donors (Lipinski definition) is 0. The number of carbonyl (C=O) groups excluding carboxylic acids is 1. The molecule has 3 heteroatoms. The van der Waals surface area contributed by atoms with Crippen molar-refractivity contribution in [3.63, 3.8) is 0 Å². The fraction of sp³-hybridized carbons (Fsp3) is 0.400. The Morgan fingerprint density at radius 3 is 2.22 bits per heavy atom. The van der Waals surface area contributed by atoms with Gasteiger partial charge in [-0.15, -0.1) is 0 Å². The molecule has 1 rings (SSSR count). The second-order valence-electron chi connectivity index (χ2n) is 4.23. The molecule has 0 heterocycles. The van der Waals surface area contributed by atoms with Crippen LogP contribution >= 0.6 is 0 Å². The van der Waals surface area contributed by atoms with E-state index in [2.05, 4.69) is 13.5 Å². The van der Waals surface area contributed by atoms with Crippen molar-refractivity contribution in [3.05, 3.63) is 47.5 Å². The van der Waals surface area contributed by atoms with Crippen molar-refractivity contribution in [1.82, 2.24) is 0 Å². The summed E-state index contributed by atoms with van der Waals surface area (Å²) >= 11 is 0. The molecule has 0 atom stereocenters. The van der Waals surface area contributed by atoms with Crippen LogP contribution in [0.1, 0.15) is 31.4 Å². The molecule has 18 heavy (non-hydrogen) atoms. The zero-order chi connectivity index (χ0) is 13.4. The molecule has 0 spiro atoms. The van der Waals surface area contributed by atoms with Crippen LogP contribution in [0.25, 0.3) is 0 Å². The number of hydrogen-bond acceptors (Lipinski definition) is 3. The molecule has 0 fully saturated rings. The highest BCUT2D eigenvalue weighted by molar-refractivity contribution is 5.86. The molecule has 0 aromatic heterocycles. The van der Waals surface area contributed by atoms with E-state index < -0.39 is 0 Å². The van der Waals surface area contributed by atoms with Crippen molar-refractivity contribution < 1.29 is 14.3 Å². The van der Waals surface area contributed by atoms with E-state index in [1.165, 1.54) is 0 Å². The fourth-order valence-corrected chi connectivity index (χ4v) is 1.34. The third-order valence-electron chi connectivity index (χ3n) is 2.36. The number of ether oxygens (including phenoxy) is 2. The number of benzene rings is 1. The summed E-state index contributed by atoms with van der Waals surface area (Å²) in [6.45, 7) is 8.93. The Labute approximate surface area is 108 Å². The monoisotopic (exact) mass is 248 g/mol. The minimum absolute atomic E-state index is 0.280. The molecule has 0 saturated heterocycles. The molecule has 0 N–H and O–H groups in total. The first kappa shape index (κ1) is 14.5. The highest BCUT2D eigenvalue weighted by atomic mass is 16.5. The Morgan fingerprint density at radius 1 is 1.17 bits per heavy atom. The molecule has 0 aliphatic rings. The normalized spacial score (nSPS) is 10.1. The van der Waals surface area contributed by atoms with Crippen LogP contribution in [0.15, 0.2) is 36.4 Å². The average Bonchev–Trinajstić information content (AvgIpc) is 2.37. The van der Waals surface area contributed by atoms with E-state index in [9.17, 15) is 4.79 Å². The maximum absolute atomic E-state index is 11.2. The third-order valence-corrected chi connectivity index (χ3v) is 2.36. The van der Waals surface area contributed by atoms with Crippen LogP contribution in [0.4, 0.5) is 0 Å². The molecular formula is C15H20O3. The zero-order valence-electron chi connectivity index (χ0n) is 11.1. The van der Waals surface area contributed by atoms with Crippen molar-refractivity contribution in [3.8, 4) is 0 Å². The van der Waals surface area contributed by atoms with Crippen molar-refractivity contribution in [2.75, 3.05) is 6.61 Å². The average molecular weight is 248 g/mol. The van der Waals surface area contributed by atoms with Gasteiger partial charge in [0.25, 0.3) is 0 Å². The zero-order valence-corrected chi connectivity index (χ0v) is 11.1. The number of carbonyl (C=O) groups is 1. The fourth-order valence-electron chi connectivity index (χ4n) is 1.34. The molecule has 0 amide bonds. The van der Waals surface area contributed by atoms with Gasteiger partial charge in [-0.1, -0.05) is 37.8 Å². The summed E-state index contributed by atoms with van der Waals surface area (Å²) in [6.07, 6.45) is 1.02. The maximum atomic E-state index is 11.2. The van der Waals surface area contributed by atoms with Crippen molar-refractivity contribution in [2.24, 2.45) is 0 Å². The summed E-state index contributed by atoms with van der Waals surface area (Å²) in [5, 5.41) is 0. The molecule has 0 bridgehead atoms. The predicted octanol–water partition coefficient (Wildman–Crippen LogP) is 3.23. The minimum atomic E-state index is -0.356. The van der Waals surface area contributed by atoms with Crippen molar-refractivity contribution in [2.45, 2.75) is 33.5 Å². The van der Waals surface area contributed by atoms with E-state index >= 15 is 0 Å². The summed E-state index contributed by atoms with van der Waals surface area (Å²) in [6, 6.07) is 7.85. The smallest absolute Gasteiger partial charge is 0.333 e. The Kier molecular flexibility index (Phi) is 6.15. The standard InChI is InChI=1S/C15H20O3/c1-4-9-17-10-13-5-7-14(8-6-13)11-18-15(16)12(2)3/h5-8H,2,4,9-11H2,1,3H3. The van der Waals surface area contributed by atoms with Gasteiger partial charge in [-0.25, -0.2) is 4.79 Å². The highest BCUT2D eigenvalue weighted by Crippen LogP contribution is 2.08. The lowest BCUT2D eigenvalue weighted by molar-refractivity contribution is -0.140. The first-order valence-electron chi connectivity index (χ1n) is 6.11. The predicted molar refractivity (Wildman–Crippen MR) is 71.0 cm³/mol. The van der Waals surface area contributed by atoms with Gasteiger partial charge in [0, 0.05) is 12.2 Å². The molecule has 0 aliphatic heterocycles. The molecule has 3 nitrogen and oxygen atoms in total. The van der Waals surface area contributed by atoms with E-state index in [1.54, 1.807) is 6.92 Å². The molecule has 1 aromatic carbocycles. The minimum Gasteiger partial charge on any atom is -0.457 e. The largest absolute Gasteiger partial charge is 0.457 e. The van der Waals surface area contributed by atoms with Crippen molar-refractivity contribution >= 4 is 5.97 Å². The molecule has 98 valence electrons. The topological polar surface area (TPSA) is 35.5 Å². The van der Waals surface area contributed by atoms with Gasteiger partial charge in [0.2, 0.25) is 0 Å².